The average Bonchev–Trinajstić information content (AvgIpc) is 3.20. The maximum absolute atomic E-state index is 12.7. The predicted molar refractivity (Wildman–Crippen MR) is 237 cm³/mol. The van der Waals surface area contributed by atoms with Crippen LogP contribution in [-0.2, 0) is 41.8 Å². The molecule has 0 amide bonds. The number of carbonyl (C=O) groups is 2. The fourth-order valence-corrected chi connectivity index (χ4v) is 7.01. The van der Waals surface area contributed by atoms with Gasteiger partial charge in [-0.1, -0.05) is 146 Å². The first-order chi connectivity index (χ1) is 29.0. The SMILES string of the molecule is CC/C=C\C/C=C\C/C=C\C/C=C\C[C@@H](O)[C@H](O)CCCC(=O)O[C@H](COC(=O)CCCCCCCCCCCCCCC(C)C)COP(=O)(O)OC[C@@H](O)COP(=O)(O)O. The molecule has 0 rings (SSSR count). The number of carbonyl (C=O) groups excluding carboxylic acids is 2. The van der Waals surface area contributed by atoms with Crippen molar-refractivity contribution in [3.05, 3.63) is 48.6 Å². The minimum atomic E-state index is -4.90. The predicted octanol–water partition coefficient (Wildman–Crippen LogP) is 9.25. The molecule has 0 saturated carbocycles. The molecular formula is C44H80O15P2. The summed E-state index contributed by atoms with van der Waals surface area (Å²) in [5, 5.41) is 30.5. The molecule has 0 aromatic carbocycles. The molecule has 5 atom stereocenters. The Balaban J connectivity index is 4.75. The molecule has 0 fully saturated rings. The molecule has 0 aromatic heterocycles. The van der Waals surface area contributed by atoms with Gasteiger partial charge < -0.3 is 39.5 Å². The molecule has 0 radical (unpaired) electrons. The summed E-state index contributed by atoms with van der Waals surface area (Å²) in [7, 11) is -9.79. The number of ether oxygens (including phenoxy) is 2. The number of aliphatic hydroxyl groups is 3. The lowest BCUT2D eigenvalue weighted by molar-refractivity contribution is -0.161. The molecule has 15 nitrogen and oxygen atoms in total. The first-order valence-electron chi connectivity index (χ1n) is 22.4. The number of phosphoric acid groups is 2. The minimum Gasteiger partial charge on any atom is -0.462 e. The highest BCUT2D eigenvalue weighted by Gasteiger charge is 2.28. The van der Waals surface area contributed by atoms with Gasteiger partial charge in [0.25, 0.3) is 0 Å². The van der Waals surface area contributed by atoms with Crippen molar-refractivity contribution in [3.8, 4) is 0 Å². The second-order valence-corrected chi connectivity index (χ2v) is 18.4. The van der Waals surface area contributed by atoms with Gasteiger partial charge >= 0.3 is 27.6 Å². The zero-order chi connectivity index (χ0) is 45.6. The molecule has 17 heteroatoms. The lowest BCUT2D eigenvalue weighted by Gasteiger charge is -2.21. The number of hydrogen-bond donors (Lipinski definition) is 6. The Bertz CT molecular complexity index is 1310. The van der Waals surface area contributed by atoms with Gasteiger partial charge in [0, 0.05) is 12.8 Å². The zero-order valence-electron chi connectivity index (χ0n) is 37.1. The smallest absolute Gasteiger partial charge is 0.462 e. The van der Waals surface area contributed by atoms with E-state index in [1.807, 2.05) is 12.2 Å². The van der Waals surface area contributed by atoms with Gasteiger partial charge in [0.05, 0.1) is 32.0 Å². The summed E-state index contributed by atoms with van der Waals surface area (Å²) in [5.41, 5.74) is 0. The Labute approximate surface area is 365 Å². The summed E-state index contributed by atoms with van der Waals surface area (Å²) in [6.07, 6.45) is 30.0. The highest BCUT2D eigenvalue weighted by molar-refractivity contribution is 7.47. The molecule has 0 aliphatic heterocycles. The van der Waals surface area contributed by atoms with Crippen molar-refractivity contribution in [2.45, 2.75) is 186 Å². The van der Waals surface area contributed by atoms with Crippen LogP contribution in [-0.4, -0.2) is 92.8 Å². The summed E-state index contributed by atoms with van der Waals surface area (Å²) >= 11 is 0. The molecule has 61 heavy (non-hydrogen) atoms. The third-order valence-corrected chi connectivity index (χ3v) is 10.8. The van der Waals surface area contributed by atoms with Gasteiger partial charge in [-0.25, -0.2) is 9.13 Å². The molecule has 6 N–H and O–H groups in total. The van der Waals surface area contributed by atoms with E-state index in [1.165, 1.54) is 51.4 Å². The molecule has 0 spiro atoms. The maximum Gasteiger partial charge on any atom is 0.472 e. The summed E-state index contributed by atoms with van der Waals surface area (Å²) in [6.45, 7) is 3.62. The van der Waals surface area contributed by atoms with Crippen LogP contribution in [0.5, 0.6) is 0 Å². The number of phosphoric ester groups is 2. The quantitative estimate of drug-likeness (QED) is 0.0145. The van der Waals surface area contributed by atoms with Gasteiger partial charge in [0.15, 0.2) is 6.10 Å². The molecule has 1 unspecified atom stereocenters. The summed E-state index contributed by atoms with van der Waals surface area (Å²) < 4.78 is 47.6. The number of rotatable bonds is 41. The van der Waals surface area contributed by atoms with Gasteiger partial charge in [-0.2, -0.15) is 0 Å². The molecule has 0 aromatic rings. The van der Waals surface area contributed by atoms with Gasteiger partial charge in [-0.15, -0.1) is 0 Å². The normalized spacial score (nSPS) is 15.6. The molecule has 0 heterocycles. The average molecular weight is 911 g/mol. The molecule has 0 aliphatic carbocycles. The van der Waals surface area contributed by atoms with Crippen LogP contribution in [0.25, 0.3) is 0 Å². The number of allylic oxidation sites excluding steroid dienone is 7. The van der Waals surface area contributed by atoms with E-state index in [0.717, 1.165) is 50.9 Å². The van der Waals surface area contributed by atoms with E-state index in [1.54, 1.807) is 6.08 Å². The van der Waals surface area contributed by atoms with E-state index < -0.39 is 78.4 Å². The number of hydrogen-bond acceptors (Lipinski definition) is 12. The second-order valence-electron chi connectivity index (χ2n) is 15.7. The Morgan fingerprint density at radius 3 is 1.56 bits per heavy atom. The fourth-order valence-electron chi connectivity index (χ4n) is 5.86. The lowest BCUT2D eigenvalue weighted by atomic mass is 10.0. The third kappa shape index (κ3) is 41.8. The minimum absolute atomic E-state index is 0.0896. The largest absolute Gasteiger partial charge is 0.472 e. The lowest BCUT2D eigenvalue weighted by Crippen LogP contribution is -2.30. The van der Waals surface area contributed by atoms with Gasteiger partial charge in [0.1, 0.15) is 12.7 Å². The summed E-state index contributed by atoms with van der Waals surface area (Å²) in [6, 6.07) is 0. The van der Waals surface area contributed by atoms with E-state index in [-0.39, 0.29) is 32.1 Å². The van der Waals surface area contributed by atoms with Crippen LogP contribution >= 0.6 is 15.6 Å². The van der Waals surface area contributed by atoms with Crippen LogP contribution in [0.15, 0.2) is 48.6 Å². The van der Waals surface area contributed by atoms with Crippen molar-refractivity contribution in [1.82, 2.24) is 0 Å². The Kier molecular flexibility index (Phi) is 37.2. The van der Waals surface area contributed by atoms with Crippen LogP contribution in [0, 0.1) is 5.92 Å². The van der Waals surface area contributed by atoms with E-state index in [4.69, 9.17) is 23.8 Å². The van der Waals surface area contributed by atoms with Crippen molar-refractivity contribution in [1.29, 1.82) is 0 Å². The molecule has 0 bridgehead atoms. The molecule has 0 saturated heterocycles. The first-order valence-corrected chi connectivity index (χ1v) is 25.4. The molecule has 356 valence electrons. The standard InChI is InChI=1S/C44H80O15P2/c1-4-5-6-7-8-9-10-14-17-20-23-26-30-41(46)42(47)31-28-33-44(49)59-40(37-58-61(53,54)57-35-39(45)34-56-60(50,51)52)36-55-43(48)32-27-24-21-18-15-12-11-13-16-19-22-25-29-38(2)3/h5-6,8-9,14,17,23,26,38-42,45-47H,4,7,10-13,15-16,18-22,24-25,27-37H2,1-3H3,(H,53,54)(H2,50,51,52)/b6-5-,9-8-,17-14-,26-23-/t39-,40+,41+,42+/m0/s1. The first kappa shape index (κ1) is 59.0. The Morgan fingerprint density at radius 1 is 0.541 bits per heavy atom. The highest BCUT2D eigenvalue weighted by Crippen LogP contribution is 2.43. The monoisotopic (exact) mass is 910 g/mol. The fraction of sp³-hybridized carbons (Fsp3) is 0.773. The number of unbranched alkanes of at least 4 members (excludes halogenated alkanes) is 11. The van der Waals surface area contributed by atoms with Crippen LogP contribution in [0.3, 0.4) is 0 Å². The van der Waals surface area contributed by atoms with E-state index in [9.17, 15) is 38.9 Å². The van der Waals surface area contributed by atoms with E-state index in [0.29, 0.717) is 12.8 Å². The van der Waals surface area contributed by atoms with Crippen molar-refractivity contribution >= 4 is 27.6 Å². The summed E-state index contributed by atoms with van der Waals surface area (Å²) in [5.74, 6) is -0.537. The Morgan fingerprint density at radius 2 is 1.02 bits per heavy atom. The van der Waals surface area contributed by atoms with Crippen molar-refractivity contribution < 1.29 is 71.8 Å². The summed E-state index contributed by atoms with van der Waals surface area (Å²) in [4.78, 5) is 52.8. The van der Waals surface area contributed by atoms with Crippen LogP contribution in [0.2, 0.25) is 0 Å². The third-order valence-electron chi connectivity index (χ3n) is 9.35. The van der Waals surface area contributed by atoms with Crippen molar-refractivity contribution in [3.63, 3.8) is 0 Å². The Hall–Kier alpha value is -2.00. The van der Waals surface area contributed by atoms with Crippen LogP contribution in [0.4, 0.5) is 0 Å². The number of aliphatic hydroxyl groups excluding tert-OH is 3. The van der Waals surface area contributed by atoms with Gasteiger partial charge in [-0.3, -0.25) is 23.2 Å². The second kappa shape index (κ2) is 38.5. The van der Waals surface area contributed by atoms with E-state index in [2.05, 4.69) is 60.2 Å². The molecular weight excluding hydrogens is 830 g/mol. The maximum atomic E-state index is 12.7. The highest BCUT2D eigenvalue weighted by atomic mass is 31.2. The van der Waals surface area contributed by atoms with Gasteiger partial charge in [0.2, 0.25) is 0 Å². The topological polar surface area (TPSA) is 236 Å². The number of esters is 2. The van der Waals surface area contributed by atoms with Crippen LogP contribution in [0.1, 0.15) is 162 Å². The van der Waals surface area contributed by atoms with E-state index >= 15 is 0 Å². The van der Waals surface area contributed by atoms with Gasteiger partial charge in [-0.05, 0) is 57.3 Å². The molecule has 0 aliphatic rings. The van der Waals surface area contributed by atoms with Crippen molar-refractivity contribution in [2.75, 3.05) is 26.4 Å². The van der Waals surface area contributed by atoms with Crippen molar-refractivity contribution in [2.24, 2.45) is 5.92 Å². The zero-order valence-corrected chi connectivity index (χ0v) is 38.9. The van der Waals surface area contributed by atoms with Crippen LogP contribution < -0.4 is 0 Å².